The molecule has 0 spiro atoms. The Labute approximate surface area is 189 Å². The van der Waals surface area contributed by atoms with Crippen molar-refractivity contribution in [3.63, 3.8) is 0 Å². The number of nitrogens with one attached hydrogen (secondary N) is 1. The van der Waals surface area contributed by atoms with Gasteiger partial charge in [-0.05, 0) is 54.8 Å². The first-order valence-corrected chi connectivity index (χ1v) is 11.2. The summed E-state index contributed by atoms with van der Waals surface area (Å²) >= 11 is 1.33. The molecule has 2 aromatic heterocycles. The Bertz CT molecular complexity index is 1190. The molecule has 4 aromatic rings. The van der Waals surface area contributed by atoms with Gasteiger partial charge in [-0.1, -0.05) is 42.1 Å². The predicted molar refractivity (Wildman–Crippen MR) is 123 cm³/mol. The molecular formula is C24H22FN5OS. The van der Waals surface area contributed by atoms with E-state index < -0.39 is 0 Å². The number of carbonyl (C=O) groups is 1. The highest BCUT2D eigenvalue weighted by Gasteiger charge is 2.18. The Morgan fingerprint density at radius 1 is 1.06 bits per heavy atom. The van der Waals surface area contributed by atoms with E-state index in [1.807, 2.05) is 47.9 Å². The van der Waals surface area contributed by atoms with Gasteiger partial charge < -0.3 is 5.32 Å². The number of amides is 1. The zero-order valence-electron chi connectivity index (χ0n) is 17.5. The molecule has 32 heavy (non-hydrogen) atoms. The maximum atomic E-state index is 13.0. The average Bonchev–Trinajstić information content (AvgIpc) is 3.23. The average molecular weight is 448 g/mol. The summed E-state index contributed by atoms with van der Waals surface area (Å²) in [7, 11) is 0. The summed E-state index contributed by atoms with van der Waals surface area (Å²) in [5.74, 6) is 0.518. The topological polar surface area (TPSA) is 72.7 Å². The smallest absolute Gasteiger partial charge is 0.230 e. The fourth-order valence-electron chi connectivity index (χ4n) is 3.26. The van der Waals surface area contributed by atoms with E-state index in [2.05, 4.69) is 20.5 Å². The Morgan fingerprint density at radius 3 is 2.62 bits per heavy atom. The number of hydrogen-bond donors (Lipinski definition) is 1. The highest BCUT2D eigenvalue weighted by molar-refractivity contribution is 7.99. The zero-order valence-corrected chi connectivity index (χ0v) is 18.3. The second-order valence-electron chi connectivity index (χ2n) is 7.18. The van der Waals surface area contributed by atoms with Crippen LogP contribution in [0.4, 0.5) is 4.39 Å². The molecule has 6 nitrogen and oxygen atoms in total. The van der Waals surface area contributed by atoms with E-state index >= 15 is 0 Å². The van der Waals surface area contributed by atoms with Crippen molar-refractivity contribution < 1.29 is 9.18 Å². The SMILES string of the molecule is Cc1ccccc1-n1c(SCC(=O)NCCc2ccc(F)cc2)nnc1-c1cccnc1. The van der Waals surface area contributed by atoms with Gasteiger partial charge in [-0.2, -0.15) is 0 Å². The third kappa shape index (κ3) is 5.20. The summed E-state index contributed by atoms with van der Waals surface area (Å²) in [4.78, 5) is 16.6. The number of carbonyl (C=O) groups excluding carboxylic acids is 1. The van der Waals surface area contributed by atoms with E-state index in [4.69, 9.17) is 0 Å². The summed E-state index contributed by atoms with van der Waals surface area (Å²) in [6.07, 6.45) is 4.10. The van der Waals surface area contributed by atoms with E-state index in [1.54, 1.807) is 24.5 Å². The Hall–Kier alpha value is -3.52. The van der Waals surface area contributed by atoms with Gasteiger partial charge in [0.25, 0.3) is 0 Å². The maximum absolute atomic E-state index is 13.0. The van der Waals surface area contributed by atoms with Crippen LogP contribution in [0.1, 0.15) is 11.1 Å². The lowest BCUT2D eigenvalue weighted by Gasteiger charge is -2.12. The van der Waals surface area contributed by atoms with Crippen molar-refractivity contribution in [2.45, 2.75) is 18.5 Å². The van der Waals surface area contributed by atoms with Crippen LogP contribution in [0.5, 0.6) is 0 Å². The molecular weight excluding hydrogens is 425 g/mol. The fourth-order valence-corrected chi connectivity index (χ4v) is 4.03. The fraction of sp³-hybridized carbons (Fsp3) is 0.167. The molecule has 2 aromatic carbocycles. The summed E-state index contributed by atoms with van der Waals surface area (Å²) in [6, 6.07) is 18.1. The molecule has 2 heterocycles. The van der Waals surface area contributed by atoms with Crippen molar-refractivity contribution in [1.29, 1.82) is 0 Å². The molecule has 0 bridgehead atoms. The largest absolute Gasteiger partial charge is 0.355 e. The van der Waals surface area contributed by atoms with Crippen LogP contribution in [-0.4, -0.2) is 38.0 Å². The van der Waals surface area contributed by atoms with E-state index in [9.17, 15) is 9.18 Å². The van der Waals surface area contributed by atoms with Gasteiger partial charge >= 0.3 is 0 Å². The van der Waals surface area contributed by atoms with Crippen LogP contribution in [-0.2, 0) is 11.2 Å². The molecule has 162 valence electrons. The first-order valence-electron chi connectivity index (χ1n) is 10.2. The number of hydrogen-bond acceptors (Lipinski definition) is 5. The normalized spacial score (nSPS) is 10.8. The number of aryl methyl sites for hydroxylation is 1. The summed E-state index contributed by atoms with van der Waals surface area (Å²) in [5, 5.41) is 12.3. The van der Waals surface area contributed by atoms with E-state index in [1.165, 1.54) is 23.9 Å². The predicted octanol–water partition coefficient (Wildman–Crippen LogP) is 4.23. The number of benzene rings is 2. The van der Waals surface area contributed by atoms with Crippen LogP contribution >= 0.6 is 11.8 Å². The minimum absolute atomic E-state index is 0.0978. The molecule has 0 fully saturated rings. The van der Waals surface area contributed by atoms with Gasteiger partial charge in [-0.15, -0.1) is 10.2 Å². The molecule has 0 saturated carbocycles. The summed E-state index contributed by atoms with van der Waals surface area (Å²) in [6.45, 7) is 2.51. The minimum Gasteiger partial charge on any atom is -0.355 e. The summed E-state index contributed by atoms with van der Waals surface area (Å²) < 4.78 is 15.0. The Kier molecular flexibility index (Phi) is 6.91. The van der Waals surface area contributed by atoms with Crippen LogP contribution in [0.2, 0.25) is 0 Å². The van der Waals surface area contributed by atoms with Gasteiger partial charge in [-0.25, -0.2) is 4.39 Å². The Balaban J connectivity index is 1.46. The second-order valence-corrected chi connectivity index (χ2v) is 8.13. The number of halogens is 1. The van der Waals surface area contributed by atoms with Gasteiger partial charge in [0.15, 0.2) is 11.0 Å². The van der Waals surface area contributed by atoms with Crippen molar-refractivity contribution in [2.75, 3.05) is 12.3 Å². The van der Waals surface area contributed by atoms with E-state index in [0.29, 0.717) is 23.9 Å². The first kappa shape index (κ1) is 21.7. The lowest BCUT2D eigenvalue weighted by Crippen LogP contribution is -2.27. The van der Waals surface area contributed by atoms with Crippen LogP contribution in [0.25, 0.3) is 17.1 Å². The number of para-hydroxylation sites is 1. The van der Waals surface area contributed by atoms with Crippen LogP contribution < -0.4 is 5.32 Å². The highest BCUT2D eigenvalue weighted by Crippen LogP contribution is 2.29. The maximum Gasteiger partial charge on any atom is 0.230 e. The zero-order chi connectivity index (χ0) is 22.3. The molecule has 1 amide bonds. The lowest BCUT2D eigenvalue weighted by atomic mass is 10.1. The third-order valence-corrected chi connectivity index (χ3v) is 5.82. The minimum atomic E-state index is -0.266. The highest BCUT2D eigenvalue weighted by atomic mass is 32.2. The van der Waals surface area contributed by atoms with Gasteiger partial charge in [0, 0.05) is 24.5 Å². The Morgan fingerprint density at radius 2 is 1.88 bits per heavy atom. The molecule has 0 radical (unpaired) electrons. The van der Waals surface area contributed by atoms with E-state index in [-0.39, 0.29) is 17.5 Å². The lowest BCUT2D eigenvalue weighted by molar-refractivity contribution is -0.118. The number of thioether (sulfide) groups is 1. The first-order chi connectivity index (χ1) is 15.6. The third-order valence-electron chi connectivity index (χ3n) is 4.89. The molecule has 4 rings (SSSR count). The molecule has 0 saturated heterocycles. The van der Waals surface area contributed by atoms with Gasteiger partial charge in [-0.3, -0.25) is 14.3 Å². The van der Waals surface area contributed by atoms with Crippen molar-refractivity contribution >= 4 is 17.7 Å². The molecule has 0 aliphatic rings. The van der Waals surface area contributed by atoms with Crippen molar-refractivity contribution in [3.8, 4) is 17.1 Å². The van der Waals surface area contributed by atoms with Crippen molar-refractivity contribution in [2.24, 2.45) is 0 Å². The molecule has 0 aliphatic heterocycles. The van der Waals surface area contributed by atoms with E-state index in [0.717, 1.165) is 22.4 Å². The molecule has 1 N–H and O–H groups in total. The van der Waals surface area contributed by atoms with Crippen LogP contribution in [0, 0.1) is 12.7 Å². The molecule has 0 atom stereocenters. The van der Waals surface area contributed by atoms with Crippen LogP contribution in [0.15, 0.2) is 78.2 Å². The standard InChI is InChI=1S/C24H22FN5OS/c1-17-5-2-3-7-21(17)30-23(19-6-4-13-26-15-19)28-29-24(30)32-16-22(31)27-14-12-18-8-10-20(25)11-9-18/h2-11,13,15H,12,14,16H2,1H3,(H,27,31). The summed E-state index contributed by atoms with van der Waals surface area (Å²) in [5.41, 5.74) is 3.84. The second kappa shape index (κ2) is 10.2. The van der Waals surface area contributed by atoms with Gasteiger partial charge in [0.05, 0.1) is 11.4 Å². The van der Waals surface area contributed by atoms with Crippen molar-refractivity contribution in [1.82, 2.24) is 25.1 Å². The van der Waals surface area contributed by atoms with Gasteiger partial charge in [0.2, 0.25) is 5.91 Å². The number of aromatic nitrogens is 4. The molecule has 8 heteroatoms. The monoisotopic (exact) mass is 447 g/mol. The van der Waals surface area contributed by atoms with Crippen molar-refractivity contribution in [3.05, 3.63) is 90.0 Å². The van der Waals surface area contributed by atoms with Crippen LogP contribution in [0.3, 0.4) is 0 Å². The number of nitrogens with zero attached hydrogens (tertiary/aromatic N) is 4. The number of pyridine rings is 1. The molecule has 0 aliphatic carbocycles. The number of rotatable bonds is 8. The van der Waals surface area contributed by atoms with Gasteiger partial charge in [0.1, 0.15) is 5.82 Å². The quantitative estimate of drug-likeness (QED) is 0.409. The molecule has 0 unspecified atom stereocenters.